The number of anilines is 3. The van der Waals surface area contributed by atoms with Gasteiger partial charge in [0.2, 0.25) is 0 Å². The predicted molar refractivity (Wildman–Crippen MR) is 143 cm³/mol. The Kier molecular flexibility index (Phi) is 5.22. The van der Waals surface area contributed by atoms with Gasteiger partial charge in [-0.2, -0.15) is 0 Å². The van der Waals surface area contributed by atoms with Crippen molar-refractivity contribution in [1.29, 1.82) is 0 Å². The molecule has 5 heteroatoms. The number of esters is 1. The van der Waals surface area contributed by atoms with E-state index in [-0.39, 0.29) is 5.97 Å². The maximum Gasteiger partial charge on any atom is 0.340 e. The molecule has 0 saturated carbocycles. The van der Waals surface area contributed by atoms with Crippen LogP contribution in [0, 0.1) is 6.92 Å². The molecular weight excluding hydrogens is 448 g/mol. The van der Waals surface area contributed by atoms with Gasteiger partial charge in [0.1, 0.15) is 11.5 Å². The highest BCUT2D eigenvalue weighted by molar-refractivity contribution is 5.98. The minimum Gasteiger partial charge on any atom is -0.456 e. The van der Waals surface area contributed by atoms with Gasteiger partial charge in [0.05, 0.1) is 5.56 Å². The first-order chi connectivity index (χ1) is 17.5. The third kappa shape index (κ3) is 3.27. The van der Waals surface area contributed by atoms with Crippen LogP contribution in [0.3, 0.4) is 0 Å². The number of carbonyl (C=O) groups excluding carboxylic acids is 1. The van der Waals surface area contributed by atoms with E-state index >= 15 is 0 Å². The molecule has 0 amide bonds. The van der Waals surface area contributed by atoms with E-state index in [9.17, 15) is 4.79 Å². The molecular formula is C31H28N2O3. The standard InChI is InChI=1S/C31H28N2O3/c1-4-33(5-2)22-15-16-23-25(18-22)31(36-30(23)34)24-13-9-10-14-28(24)35-29-17-20(3)27(19-26(29)31)32-21-11-7-6-8-12-21/h6-19,32H,4-5H2,1-3H3. The third-order valence-electron chi connectivity index (χ3n) is 7.22. The van der Waals surface area contributed by atoms with Crippen molar-refractivity contribution in [2.75, 3.05) is 23.3 Å². The van der Waals surface area contributed by atoms with E-state index in [0.717, 1.165) is 52.4 Å². The maximum atomic E-state index is 13.3. The Labute approximate surface area is 211 Å². The van der Waals surface area contributed by atoms with Crippen molar-refractivity contribution < 1.29 is 14.3 Å². The zero-order valence-electron chi connectivity index (χ0n) is 20.7. The summed E-state index contributed by atoms with van der Waals surface area (Å²) in [7, 11) is 0. The quantitative estimate of drug-likeness (QED) is 0.310. The van der Waals surface area contributed by atoms with Crippen molar-refractivity contribution in [3.63, 3.8) is 0 Å². The Morgan fingerprint density at radius 2 is 1.56 bits per heavy atom. The minimum absolute atomic E-state index is 0.322. The number of benzene rings is 4. The molecule has 2 aliphatic rings. The summed E-state index contributed by atoms with van der Waals surface area (Å²) in [4.78, 5) is 15.6. The highest BCUT2D eigenvalue weighted by Gasteiger charge is 2.53. The molecule has 1 unspecified atom stereocenters. The van der Waals surface area contributed by atoms with Crippen molar-refractivity contribution in [2.45, 2.75) is 26.4 Å². The maximum absolute atomic E-state index is 13.3. The Bertz CT molecular complexity index is 1480. The molecule has 180 valence electrons. The zero-order chi connectivity index (χ0) is 24.9. The Balaban J connectivity index is 1.61. The normalized spacial score (nSPS) is 17.0. The van der Waals surface area contributed by atoms with Crippen LogP contribution in [-0.4, -0.2) is 19.1 Å². The summed E-state index contributed by atoms with van der Waals surface area (Å²) >= 11 is 0. The highest BCUT2D eigenvalue weighted by Crippen LogP contribution is 2.57. The second-order valence-corrected chi connectivity index (χ2v) is 9.23. The first kappa shape index (κ1) is 22.2. The van der Waals surface area contributed by atoms with E-state index < -0.39 is 5.60 Å². The predicted octanol–water partition coefficient (Wildman–Crippen LogP) is 7.15. The number of fused-ring (bicyclic) bond motifs is 6. The molecule has 4 aromatic carbocycles. The number of nitrogens with one attached hydrogen (secondary N) is 1. The van der Waals surface area contributed by atoms with E-state index in [1.807, 2.05) is 72.8 Å². The molecule has 0 aliphatic carbocycles. The Morgan fingerprint density at radius 3 is 2.33 bits per heavy atom. The number of ether oxygens (including phenoxy) is 2. The molecule has 2 heterocycles. The largest absolute Gasteiger partial charge is 0.456 e. The highest BCUT2D eigenvalue weighted by atomic mass is 16.6. The van der Waals surface area contributed by atoms with Crippen LogP contribution in [0.25, 0.3) is 0 Å². The molecule has 36 heavy (non-hydrogen) atoms. The van der Waals surface area contributed by atoms with Crippen LogP contribution >= 0.6 is 0 Å². The second-order valence-electron chi connectivity index (χ2n) is 9.23. The number of aryl methyl sites for hydroxylation is 1. The summed E-state index contributed by atoms with van der Waals surface area (Å²) in [5.41, 5.74) is 6.01. The first-order valence-corrected chi connectivity index (χ1v) is 12.4. The van der Waals surface area contributed by atoms with Gasteiger partial charge in [0, 0.05) is 46.8 Å². The molecule has 1 atom stereocenters. The van der Waals surface area contributed by atoms with Crippen molar-refractivity contribution in [3.8, 4) is 11.5 Å². The fraction of sp³-hybridized carbons (Fsp3) is 0.194. The van der Waals surface area contributed by atoms with Crippen molar-refractivity contribution in [2.24, 2.45) is 0 Å². The van der Waals surface area contributed by atoms with E-state index in [2.05, 4.69) is 43.1 Å². The number of carbonyl (C=O) groups is 1. The summed E-state index contributed by atoms with van der Waals surface area (Å²) in [6.07, 6.45) is 0. The molecule has 5 nitrogen and oxygen atoms in total. The molecule has 6 rings (SSSR count). The average molecular weight is 477 g/mol. The second kappa shape index (κ2) is 8.45. The molecule has 4 aromatic rings. The Morgan fingerprint density at radius 1 is 0.806 bits per heavy atom. The average Bonchev–Trinajstić information content (AvgIpc) is 3.19. The molecule has 0 radical (unpaired) electrons. The molecule has 1 N–H and O–H groups in total. The van der Waals surface area contributed by atoms with Gasteiger partial charge in [-0.15, -0.1) is 0 Å². The number of para-hydroxylation sites is 2. The lowest BCUT2D eigenvalue weighted by Crippen LogP contribution is -2.33. The molecule has 1 spiro atoms. The van der Waals surface area contributed by atoms with Gasteiger partial charge in [0.15, 0.2) is 5.60 Å². The van der Waals surface area contributed by atoms with Crippen molar-refractivity contribution in [3.05, 3.63) is 113 Å². The van der Waals surface area contributed by atoms with Crippen LogP contribution in [0.2, 0.25) is 0 Å². The summed E-state index contributed by atoms with van der Waals surface area (Å²) in [5, 5.41) is 3.53. The monoisotopic (exact) mass is 476 g/mol. The van der Waals surface area contributed by atoms with Gasteiger partial charge >= 0.3 is 5.97 Å². The fourth-order valence-electron chi connectivity index (χ4n) is 5.40. The molecule has 0 aromatic heterocycles. The van der Waals surface area contributed by atoms with Crippen LogP contribution in [0.15, 0.2) is 84.9 Å². The number of hydrogen-bond acceptors (Lipinski definition) is 5. The van der Waals surface area contributed by atoms with Crippen LogP contribution in [0.4, 0.5) is 17.1 Å². The summed E-state index contributed by atoms with van der Waals surface area (Å²) in [6.45, 7) is 8.07. The lowest BCUT2D eigenvalue weighted by atomic mass is 9.77. The van der Waals surface area contributed by atoms with Crippen LogP contribution in [-0.2, 0) is 10.3 Å². The van der Waals surface area contributed by atoms with Crippen LogP contribution < -0.4 is 15.0 Å². The fourth-order valence-corrected chi connectivity index (χ4v) is 5.40. The van der Waals surface area contributed by atoms with Gasteiger partial charge in [0.25, 0.3) is 0 Å². The van der Waals surface area contributed by atoms with Gasteiger partial charge in [-0.1, -0.05) is 36.4 Å². The molecule has 0 fully saturated rings. The van der Waals surface area contributed by atoms with Crippen molar-refractivity contribution in [1.82, 2.24) is 0 Å². The van der Waals surface area contributed by atoms with Gasteiger partial charge < -0.3 is 19.7 Å². The lowest BCUT2D eigenvalue weighted by Gasteiger charge is -2.37. The smallest absolute Gasteiger partial charge is 0.340 e. The first-order valence-electron chi connectivity index (χ1n) is 12.4. The summed E-state index contributed by atoms with van der Waals surface area (Å²) in [5.74, 6) is 1.07. The minimum atomic E-state index is -1.10. The summed E-state index contributed by atoms with van der Waals surface area (Å²) in [6, 6.07) is 28.0. The zero-order valence-corrected chi connectivity index (χ0v) is 20.7. The molecule has 0 saturated heterocycles. The molecule has 2 aliphatic heterocycles. The van der Waals surface area contributed by atoms with Gasteiger partial charge in [-0.05, 0) is 74.9 Å². The summed E-state index contributed by atoms with van der Waals surface area (Å²) < 4.78 is 12.8. The van der Waals surface area contributed by atoms with Gasteiger partial charge in [-0.25, -0.2) is 4.79 Å². The van der Waals surface area contributed by atoms with Crippen LogP contribution in [0.1, 0.15) is 46.5 Å². The lowest BCUT2D eigenvalue weighted by molar-refractivity contribution is 0.0224. The third-order valence-corrected chi connectivity index (χ3v) is 7.22. The van der Waals surface area contributed by atoms with E-state index in [1.54, 1.807) is 0 Å². The number of hydrogen-bond donors (Lipinski definition) is 1. The van der Waals surface area contributed by atoms with Gasteiger partial charge in [-0.3, -0.25) is 0 Å². The van der Waals surface area contributed by atoms with E-state index in [4.69, 9.17) is 9.47 Å². The Hall–Kier alpha value is -4.25. The van der Waals surface area contributed by atoms with E-state index in [0.29, 0.717) is 17.1 Å². The van der Waals surface area contributed by atoms with Crippen LogP contribution in [0.5, 0.6) is 11.5 Å². The van der Waals surface area contributed by atoms with Crippen molar-refractivity contribution >= 4 is 23.0 Å². The van der Waals surface area contributed by atoms with E-state index in [1.165, 1.54) is 0 Å². The SMILES string of the molecule is CCN(CC)c1ccc2c(c1)C1(OC2=O)c2ccccc2Oc2cc(C)c(Nc3ccccc3)cc21. The topological polar surface area (TPSA) is 50.8 Å². The molecule has 0 bridgehead atoms. The number of rotatable bonds is 5. The number of nitrogens with zero attached hydrogens (tertiary/aromatic N) is 1.